The lowest BCUT2D eigenvalue weighted by atomic mass is 10.4. The zero-order valence-corrected chi connectivity index (χ0v) is 7.23. The summed E-state index contributed by atoms with van der Waals surface area (Å²) in [4.78, 5) is 18.1. The van der Waals surface area contributed by atoms with Gasteiger partial charge in [0.05, 0.1) is 0 Å². The number of nitrogens with zero attached hydrogens (tertiary/aromatic N) is 2. The van der Waals surface area contributed by atoms with Crippen LogP contribution in [0.2, 0.25) is 0 Å². The molecule has 0 aliphatic carbocycles. The molecule has 0 unspecified atom stereocenters. The Morgan fingerprint density at radius 2 is 2.46 bits per heavy atom. The Kier molecular flexibility index (Phi) is 3.19. The molecule has 5 heteroatoms. The molecule has 1 aromatic rings. The minimum Gasteiger partial charge on any atom is -0.479 e. The van der Waals surface area contributed by atoms with Crippen molar-refractivity contribution in [3.63, 3.8) is 0 Å². The number of aromatic nitrogens is 2. The summed E-state index contributed by atoms with van der Waals surface area (Å²) in [6.07, 6.45) is 2.24. The first-order valence-electron chi connectivity index (χ1n) is 3.89. The first-order chi connectivity index (χ1) is 6.22. The van der Waals surface area contributed by atoms with Gasteiger partial charge in [-0.15, -0.1) is 0 Å². The number of ether oxygens (including phenoxy) is 1. The first kappa shape index (κ1) is 9.44. The van der Waals surface area contributed by atoms with Crippen molar-refractivity contribution in [3.05, 3.63) is 18.1 Å². The van der Waals surface area contributed by atoms with Crippen LogP contribution >= 0.6 is 0 Å². The number of carboxylic acid groups (broad SMARTS) is 1. The largest absolute Gasteiger partial charge is 0.479 e. The van der Waals surface area contributed by atoms with Gasteiger partial charge < -0.3 is 9.84 Å². The molecule has 0 aliphatic rings. The molecule has 0 bridgehead atoms. The van der Waals surface area contributed by atoms with E-state index in [0.717, 1.165) is 0 Å². The molecule has 0 atom stereocenters. The van der Waals surface area contributed by atoms with Crippen LogP contribution in [0.1, 0.15) is 12.7 Å². The maximum atomic E-state index is 10.2. The predicted molar refractivity (Wildman–Crippen MR) is 44.5 cm³/mol. The van der Waals surface area contributed by atoms with Crippen molar-refractivity contribution in [3.8, 4) is 5.88 Å². The summed E-state index contributed by atoms with van der Waals surface area (Å²) in [6, 6.07) is 1.53. The molecule has 1 aromatic heterocycles. The van der Waals surface area contributed by atoms with Crippen LogP contribution in [0.5, 0.6) is 5.88 Å². The normalized spacial score (nSPS) is 9.62. The fourth-order valence-corrected chi connectivity index (χ4v) is 0.767. The lowest BCUT2D eigenvalue weighted by Crippen LogP contribution is -2.10. The molecule has 0 aliphatic heterocycles. The Balaban J connectivity index is 2.61. The third-order valence-electron chi connectivity index (χ3n) is 1.34. The molecule has 0 radical (unpaired) electrons. The Bertz CT molecular complexity index is 301. The summed E-state index contributed by atoms with van der Waals surface area (Å²) in [5, 5.41) is 8.33. The summed E-state index contributed by atoms with van der Waals surface area (Å²) in [5.41, 5.74) is 0. The van der Waals surface area contributed by atoms with Crippen LogP contribution in [-0.4, -0.2) is 27.7 Å². The molecule has 0 amide bonds. The minimum atomic E-state index is -1.02. The van der Waals surface area contributed by atoms with Crippen molar-refractivity contribution in [2.45, 2.75) is 13.3 Å². The van der Waals surface area contributed by atoms with Gasteiger partial charge in [-0.05, 0) is 0 Å². The molecule has 0 fully saturated rings. The first-order valence-corrected chi connectivity index (χ1v) is 3.89. The van der Waals surface area contributed by atoms with Gasteiger partial charge in [0.25, 0.3) is 0 Å². The van der Waals surface area contributed by atoms with Gasteiger partial charge in [0, 0.05) is 18.7 Å². The van der Waals surface area contributed by atoms with Crippen LogP contribution < -0.4 is 4.74 Å². The molecule has 70 valence electrons. The van der Waals surface area contributed by atoms with Crippen molar-refractivity contribution in [1.29, 1.82) is 0 Å². The maximum absolute atomic E-state index is 10.2. The second-order valence-electron chi connectivity index (χ2n) is 2.35. The summed E-state index contributed by atoms with van der Waals surface area (Å²) >= 11 is 0. The van der Waals surface area contributed by atoms with E-state index in [9.17, 15) is 4.79 Å². The Morgan fingerprint density at radius 3 is 3.08 bits per heavy atom. The van der Waals surface area contributed by atoms with Gasteiger partial charge in [-0.3, -0.25) is 0 Å². The van der Waals surface area contributed by atoms with Crippen LogP contribution in [-0.2, 0) is 11.2 Å². The number of aliphatic carboxylic acids is 1. The number of carboxylic acids is 1. The van der Waals surface area contributed by atoms with Gasteiger partial charge in [0.1, 0.15) is 5.82 Å². The summed E-state index contributed by atoms with van der Waals surface area (Å²) in [5.74, 6) is -0.0752. The van der Waals surface area contributed by atoms with Gasteiger partial charge in [0.2, 0.25) is 5.88 Å². The van der Waals surface area contributed by atoms with Crippen molar-refractivity contribution < 1.29 is 14.6 Å². The van der Waals surface area contributed by atoms with Gasteiger partial charge >= 0.3 is 5.97 Å². The molecule has 0 spiro atoms. The Labute approximate surface area is 75.4 Å². The fraction of sp³-hybridized carbons (Fsp3) is 0.375. The number of rotatable bonds is 4. The molecular weight excluding hydrogens is 172 g/mol. The van der Waals surface area contributed by atoms with Crippen LogP contribution in [0, 0.1) is 0 Å². The van der Waals surface area contributed by atoms with Crippen LogP contribution in [0.25, 0.3) is 0 Å². The monoisotopic (exact) mass is 182 g/mol. The highest BCUT2D eigenvalue weighted by Gasteiger charge is 2.01. The summed E-state index contributed by atoms with van der Waals surface area (Å²) in [7, 11) is 0. The van der Waals surface area contributed by atoms with Crippen LogP contribution in [0.4, 0.5) is 0 Å². The van der Waals surface area contributed by atoms with Crippen molar-refractivity contribution >= 4 is 5.97 Å². The van der Waals surface area contributed by atoms with E-state index in [1.54, 1.807) is 6.20 Å². The van der Waals surface area contributed by atoms with Crippen molar-refractivity contribution in [2.75, 3.05) is 6.61 Å². The Hall–Kier alpha value is -1.65. The Morgan fingerprint density at radius 1 is 1.69 bits per heavy atom. The van der Waals surface area contributed by atoms with Crippen molar-refractivity contribution in [2.24, 2.45) is 0 Å². The van der Waals surface area contributed by atoms with E-state index in [-0.39, 0.29) is 6.61 Å². The quantitative estimate of drug-likeness (QED) is 0.734. The predicted octanol–water partition coefficient (Wildman–Crippen LogP) is 0.502. The average molecular weight is 182 g/mol. The lowest BCUT2D eigenvalue weighted by molar-refractivity contribution is -0.139. The molecule has 5 nitrogen and oxygen atoms in total. The molecule has 13 heavy (non-hydrogen) atoms. The lowest BCUT2D eigenvalue weighted by Gasteiger charge is -2.02. The second kappa shape index (κ2) is 4.39. The van der Waals surface area contributed by atoms with E-state index >= 15 is 0 Å². The van der Waals surface area contributed by atoms with E-state index in [1.807, 2.05) is 6.92 Å². The number of carbonyl (C=O) groups is 1. The van der Waals surface area contributed by atoms with Crippen LogP contribution in [0.15, 0.2) is 12.3 Å². The number of hydrogen-bond donors (Lipinski definition) is 1. The van der Waals surface area contributed by atoms with Crippen LogP contribution in [0.3, 0.4) is 0 Å². The molecule has 1 rings (SSSR count). The molecule has 0 saturated heterocycles. The minimum absolute atomic E-state index is 0.300. The van der Waals surface area contributed by atoms with E-state index in [1.165, 1.54) is 6.07 Å². The number of hydrogen-bond acceptors (Lipinski definition) is 4. The SMILES string of the molecule is CCc1nccc(OCC(=O)O)n1. The molecule has 0 saturated carbocycles. The smallest absolute Gasteiger partial charge is 0.341 e. The molecule has 1 N–H and O–H groups in total. The fourth-order valence-electron chi connectivity index (χ4n) is 0.767. The van der Waals surface area contributed by atoms with Gasteiger partial charge in [-0.2, -0.15) is 4.98 Å². The third kappa shape index (κ3) is 3.06. The highest BCUT2D eigenvalue weighted by Crippen LogP contribution is 2.04. The standard InChI is InChI=1S/C8H10N2O3/c1-2-6-9-4-3-7(10-6)13-5-8(11)12/h3-4H,2,5H2,1H3,(H,11,12). The molecule has 1 heterocycles. The van der Waals surface area contributed by atoms with Gasteiger partial charge in [-0.1, -0.05) is 6.92 Å². The summed E-state index contributed by atoms with van der Waals surface area (Å²) in [6.45, 7) is 1.54. The highest BCUT2D eigenvalue weighted by atomic mass is 16.5. The van der Waals surface area contributed by atoms with E-state index < -0.39 is 5.97 Å². The second-order valence-corrected chi connectivity index (χ2v) is 2.35. The van der Waals surface area contributed by atoms with E-state index in [2.05, 4.69) is 9.97 Å². The molecular formula is C8H10N2O3. The molecule has 0 aromatic carbocycles. The van der Waals surface area contributed by atoms with Crippen molar-refractivity contribution in [1.82, 2.24) is 9.97 Å². The van der Waals surface area contributed by atoms with Gasteiger partial charge in [-0.25, -0.2) is 9.78 Å². The zero-order chi connectivity index (χ0) is 9.68. The number of aryl methyl sites for hydroxylation is 1. The summed E-state index contributed by atoms with van der Waals surface area (Å²) < 4.78 is 4.86. The van der Waals surface area contributed by atoms with Gasteiger partial charge in [0.15, 0.2) is 6.61 Å². The van der Waals surface area contributed by atoms with E-state index in [4.69, 9.17) is 9.84 Å². The third-order valence-corrected chi connectivity index (χ3v) is 1.34. The van der Waals surface area contributed by atoms with E-state index in [0.29, 0.717) is 18.1 Å². The zero-order valence-electron chi connectivity index (χ0n) is 7.23. The average Bonchev–Trinajstić information content (AvgIpc) is 2.15. The topological polar surface area (TPSA) is 72.3 Å². The highest BCUT2D eigenvalue weighted by molar-refractivity contribution is 5.68. The maximum Gasteiger partial charge on any atom is 0.341 e.